The van der Waals surface area contributed by atoms with Crippen LogP contribution >= 0.6 is 0 Å². The lowest BCUT2D eigenvalue weighted by molar-refractivity contribution is -0.383. The van der Waals surface area contributed by atoms with E-state index >= 15 is 0 Å². The van der Waals surface area contributed by atoms with Gasteiger partial charge >= 0.3 is 0 Å². The third-order valence-corrected chi connectivity index (χ3v) is 2.85. The lowest BCUT2D eigenvalue weighted by Crippen LogP contribution is -2.09. The standard InChI is InChI=1S/C13H16N4O4/c1-3-12-15-13(21-16-12)9-4-5-10(14-6-7-20-2)11(8-9)17(18)19/h4-5,8,14H,3,6-7H2,1-2H3. The summed E-state index contributed by atoms with van der Waals surface area (Å²) in [5, 5.41) is 17.9. The molecule has 8 nitrogen and oxygen atoms in total. The Morgan fingerprint density at radius 1 is 1.48 bits per heavy atom. The number of anilines is 1. The van der Waals surface area contributed by atoms with E-state index in [-0.39, 0.29) is 11.6 Å². The molecule has 0 spiro atoms. The number of rotatable bonds is 7. The highest BCUT2D eigenvalue weighted by Gasteiger charge is 2.17. The highest BCUT2D eigenvalue weighted by Crippen LogP contribution is 2.29. The lowest BCUT2D eigenvalue weighted by atomic mass is 10.1. The SMILES string of the molecule is CCc1noc(-c2ccc(NCCOC)c([N+](=O)[O-])c2)n1. The van der Waals surface area contributed by atoms with E-state index in [0.717, 1.165) is 0 Å². The Labute approximate surface area is 121 Å². The van der Waals surface area contributed by atoms with Crippen molar-refractivity contribution in [3.05, 3.63) is 34.1 Å². The molecule has 8 heteroatoms. The highest BCUT2D eigenvalue weighted by atomic mass is 16.6. The largest absolute Gasteiger partial charge is 0.383 e. The van der Waals surface area contributed by atoms with Gasteiger partial charge in [0.05, 0.1) is 11.5 Å². The van der Waals surface area contributed by atoms with E-state index in [1.807, 2.05) is 6.92 Å². The average Bonchev–Trinajstić information content (AvgIpc) is 2.96. The maximum absolute atomic E-state index is 11.2. The topological polar surface area (TPSA) is 103 Å². The Balaban J connectivity index is 2.28. The van der Waals surface area contributed by atoms with Crippen molar-refractivity contribution in [3.8, 4) is 11.5 Å². The molecule has 1 aromatic carbocycles. The van der Waals surface area contributed by atoms with E-state index in [1.54, 1.807) is 19.2 Å². The minimum atomic E-state index is -0.449. The van der Waals surface area contributed by atoms with Gasteiger partial charge in [0, 0.05) is 31.7 Å². The summed E-state index contributed by atoms with van der Waals surface area (Å²) in [7, 11) is 1.57. The third-order valence-electron chi connectivity index (χ3n) is 2.85. The maximum atomic E-state index is 11.2. The van der Waals surface area contributed by atoms with Crippen molar-refractivity contribution < 1.29 is 14.2 Å². The molecule has 0 aliphatic heterocycles. The molecular formula is C13H16N4O4. The van der Waals surface area contributed by atoms with Crippen LogP contribution in [0, 0.1) is 10.1 Å². The number of nitrogens with zero attached hydrogens (tertiary/aromatic N) is 3. The van der Waals surface area contributed by atoms with Crippen LogP contribution < -0.4 is 5.32 Å². The Bertz CT molecular complexity index is 626. The van der Waals surface area contributed by atoms with Gasteiger partial charge in [-0.25, -0.2) is 0 Å². The monoisotopic (exact) mass is 292 g/mol. The van der Waals surface area contributed by atoms with Crippen LogP contribution in [-0.2, 0) is 11.2 Å². The van der Waals surface area contributed by atoms with Crippen LogP contribution in [0.3, 0.4) is 0 Å². The Morgan fingerprint density at radius 3 is 2.90 bits per heavy atom. The summed E-state index contributed by atoms with van der Waals surface area (Å²) in [6.45, 7) is 2.85. The molecule has 21 heavy (non-hydrogen) atoms. The van der Waals surface area contributed by atoms with Gasteiger partial charge in [-0.3, -0.25) is 10.1 Å². The second-order valence-corrected chi connectivity index (χ2v) is 4.28. The normalized spacial score (nSPS) is 10.6. The average molecular weight is 292 g/mol. The fraction of sp³-hybridized carbons (Fsp3) is 0.385. The van der Waals surface area contributed by atoms with Crippen LogP contribution in [0.1, 0.15) is 12.7 Å². The number of hydrogen-bond acceptors (Lipinski definition) is 7. The molecule has 0 fully saturated rings. The van der Waals surface area contributed by atoms with Gasteiger partial charge in [-0.05, 0) is 12.1 Å². The third kappa shape index (κ3) is 3.54. The van der Waals surface area contributed by atoms with Crippen molar-refractivity contribution in [2.24, 2.45) is 0 Å². The summed E-state index contributed by atoms with van der Waals surface area (Å²) >= 11 is 0. The first-order chi connectivity index (χ1) is 10.2. The number of methoxy groups -OCH3 is 1. The van der Waals surface area contributed by atoms with E-state index < -0.39 is 4.92 Å². The van der Waals surface area contributed by atoms with Gasteiger partial charge in [-0.2, -0.15) is 4.98 Å². The van der Waals surface area contributed by atoms with Crippen LogP contribution in [0.15, 0.2) is 22.7 Å². The number of aromatic nitrogens is 2. The van der Waals surface area contributed by atoms with E-state index in [1.165, 1.54) is 6.07 Å². The number of hydrogen-bond donors (Lipinski definition) is 1. The summed E-state index contributed by atoms with van der Waals surface area (Å²) in [5.41, 5.74) is 0.905. The van der Waals surface area contributed by atoms with Gasteiger partial charge in [-0.15, -0.1) is 0 Å². The second-order valence-electron chi connectivity index (χ2n) is 4.28. The Morgan fingerprint density at radius 2 is 2.29 bits per heavy atom. The minimum absolute atomic E-state index is 0.0418. The van der Waals surface area contributed by atoms with E-state index in [0.29, 0.717) is 36.6 Å². The molecule has 112 valence electrons. The molecule has 0 aliphatic carbocycles. The molecule has 0 amide bonds. The second kappa shape index (κ2) is 6.80. The predicted molar refractivity (Wildman–Crippen MR) is 76.1 cm³/mol. The number of ether oxygens (including phenoxy) is 1. The number of nitro benzene ring substituents is 1. The smallest absolute Gasteiger partial charge is 0.293 e. The molecular weight excluding hydrogens is 276 g/mol. The zero-order valence-electron chi connectivity index (χ0n) is 11.8. The summed E-state index contributed by atoms with van der Waals surface area (Å²) in [6.07, 6.45) is 0.641. The van der Waals surface area contributed by atoms with E-state index in [9.17, 15) is 10.1 Å². The number of aryl methyl sites for hydroxylation is 1. The molecule has 2 rings (SSSR count). The first-order valence-corrected chi connectivity index (χ1v) is 6.50. The van der Waals surface area contributed by atoms with Gasteiger partial charge in [0.1, 0.15) is 5.69 Å². The van der Waals surface area contributed by atoms with Crippen LogP contribution in [0.25, 0.3) is 11.5 Å². The fourth-order valence-electron chi connectivity index (χ4n) is 1.77. The first-order valence-electron chi connectivity index (χ1n) is 6.50. The van der Waals surface area contributed by atoms with E-state index in [4.69, 9.17) is 9.26 Å². The van der Waals surface area contributed by atoms with Gasteiger partial charge in [-0.1, -0.05) is 12.1 Å². The Hall–Kier alpha value is -2.48. The van der Waals surface area contributed by atoms with Crippen molar-refractivity contribution in [3.63, 3.8) is 0 Å². The zero-order valence-corrected chi connectivity index (χ0v) is 11.8. The lowest BCUT2D eigenvalue weighted by Gasteiger charge is -2.07. The summed E-state index contributed by atoms with van der Waals surface area (Å²) in [5.74, 6) is 0.841. The Kier molecular flexibility index (Phi) is 4.83. The quantitative estimate of drug-likeness (QED) is 0.474. The van der Waals surface area contributed by atoms with Crippen molar-refractivity contribution in [2.45, 2.75) is 13.3 Å². The molecule has 0 radical (unpaired) electrons. The predicted octanol–water partition coefficient (Wildman–Crippen LogP) is 2.27. The van der Waals surface area contributed by atoms with Crippen LogP contribution in [0.5, 0.6) is 0 Å². The first kappa shape index (κ1) is 14.9. The van der Waals surface area contributed by atoms with Gasteiger partial charge in [0.25, 0.3) is 11.6 Å². The molecule has 1 N–H and O–H groups in total. The highest BCUT2D eigenvalue weighted by molar-refractivity contribution is 5.69. The number of nitrogens with one attached hydrogen (secondary N) is 1. The molecule has 0 bridgehead atoms. The molecule has 0 saturated carbocycles. The van der Waals surface area contributed by atoms with Crippen molar-refractivity contribution in [2.75, 3.05) is 25.6 Å². The van der Waals surface area contributed by atoms with E-state index in [2.05, 4.69) is 15.5 Å². The molecule has 0 saturated heterocycles. The van der Waals surface area contributed by atoms with Crippen molar-refractivity contribution in [1.82, 2.24) is 10.1 Å². The molecule has 1 heterocycles. The van der Waals surface area contributed by atoms with Crippen LogP contribution in [0.2, 0.25) is 0 Å². The van der Waals surface area contributed by atoms with Gasteiger partial charge in [0.2, 0.25) is 0 Å². The molecule has 0 aliphatic rings. The maximum Gasteiger partial charge on any atom is 0.293 e. The zero-order chi connectivity index (χ0) is 15.2. The van der Waals surface area contributed by atoms with Crippen LogP contribution in [0.4, 0.5) is 11.4 Å². The van der Waals surface area contributed by atoms with Crippen LogP contribution in [-0.4, -0.2) is 35.3 Å². The van der Waals surface area contributed by atoms with Crippen molar-refractivity contribution >= 4 is 11.4 Å². The fourth-order valence-corrected chi connectivity index (χ4v) is 1.77. The number of nitro groups is 1. The van der Waals surface area contributed by atoms with Gasteiger partial charge in [0.15, 0.2) is 5.82 Å². The molecule has 0 atom stereocenters. The summed E-state index contributed by atoms with van der Waals surface area (Å²) in [4.78, 5) is 14.9. The molecule has 2 aromatic rings. The molecule has 1 aromatic heterocycles. The summed E-state index contributed by atoms with van der Waals surface area (Å²) in [6, 6.07) is 4.75. The minimum Gasteiger partial charge on any atom is -0.383 e. The number of benzene rings is 1. The van der Waals surface area contributed by atoms with Crippen molar-refractivity contribution in [1.29, 1.82) is 0 Å². The van der Waals surface area contributed by atoms with Gasteiger partial charge < -0.3 is 14.6 Å². The molecule has 0 unspecified atom stereocenters. The summed E-state index contributed by atoms with van der Waals surface area (Å²) < 4.78 is 10.00.